The van der Waals surface area contributed by atoms with E-state index in [1.807, 2.05) is 18.7 Å². The minimum atomic E-state index is 0.383. The second-order valence-corrected chi connectivity index (χ2v) is 5.95. The van der Waals surface area contributed by atoms with Gasteiger partial charge in [0.25, 0.3) is 0 Å². The second-order valence-electron chi connectivity index (χ2n) is 4.67. The Balaban J connectivity index is 2.01. The van der Waals surface area contributed by atoms with E-state index >= 15 is 0 Å². The first-order valence-corrected chi connectivity index (χ1v) is 7.26. The van der Waals surface area contributed by atoms with E-state index in [0.717, 1.165) is 18.2 Å². The van der Waals surface area contributed by atoms with Crippen LogP contribution < -0.4 is 11.1 Å². The van der Waals surface area contributed by atoms with Crippen molar-refractivity contribution in [2.75, 3.05) is 23.9 Å². The lowest BCUT2D eigenvalue weighted by Gasteiger charge is -2.27. The van der Waals surface area contributed by atoms with Crippen LogP contribution in [-0.2, 0) is 0 Å². The zero-order valence-electron chi connectivity index (χ0n) is 10.5. The molecule has 0 saturated heterocycles. The highest BCUT2D eigenvalue weighted by Gasteiger charge is 2.32. The predicted octanol–water partition coefficient (Wildman–Crippen LogP) is 2.45. The molecule has 2 rings (SSSR count). The SMILES string of the molecule is CSC1(CNc2cc(N)nc(C)n2)CCCC1. The molecule has 3 N–H and O–H groups in total. The first kappa shape index (κ1) is 12.5. The summed E-state index contributed by atoms with van der Waals surface area (Å²) in [5.41, 5.74) is 5.71. The number of anilines is 2. The maximum atomic E-state index is 5.71. The maximum Gasteiger partial charge on any atom is 0.131 e. The molecule has 5 heteroatoms. The van der Waals surface area contributed by atoms with Gasteiger partial charge in [-0.15, -0.1) is 0 Å². The average Bonchev–Trinajstić information content (AvgIpc) is 2.74. The van der Waals surface area contributed by atoms with Gasteiger partial charge in [0.2, 0.25) is 0 Å². The van der Waals surface area contributed by atoms with Crippen LogP contribution in [0.25, 0.3) is 0 Å². The summed E-state index contributed by atoms with van der Waals surface area (Å²) >= 11 is 1.97. The summed E-state index contributed by atoms with van der Waals surface area (Å²) in [6.07, 6.45) is 7.47. The molecule has 0 amide bonds. The van der Waals surface area contributed by atoms with Gasteiger partial charge in [0.1, 0.15) is 17.5 Å². The molecule has 0 spiro atoms. The smallest absolute Gasteiger partial charge is 0.131 e. The van der Waals surface area contributed by atoms with Crippen molar-refractivity contribution in [3.63, 3.8) is 0 Å². The average molecular weight is 252 g/mol. The van der Waals surface area contributed by atoms with Crippen molar-refractivity contribution in [3.8, 4) is 0 Å². The molecule has 0 unspecified atom stereocenters. The first-order chi connectivity index (χ1) is 8.13. The highest BCUT2D eigenvalue weighted by atomic mass is 32.2. The number of nitrogens with two attached hydrogens (primary N) is 1. The topological polar surface area (TPSA) is 63.8 Å². The number of nitrogens with one attached hydrogen (secondary N) is 1. The molecule has 17 heavy (non-hydrogen) atoms. The molecule has 1 aliphatic carbocycles. The van der Waals surface area contributed by atoms with Crippen molar-refractivity contribution in [3.05, 3.63) is 11.9 Å². The van der Waals surface area contributed by atoms with Gasteiger partial charge in [-0.2, -0.15) is 11.8 Å². The Hall–Kier alpha value is -0.970. The number of aryl methyl sites for hydroxylation is 1. The lowest BCUT2D eigenvalue weighted by Crippen LogP contribution is -2.30. The summed E-state index contributed by atoms with van der Waals surface area (Å²) in [4.78, 5) is 8.42. The maximum absolute atomic E-state index is 5.71. The van der Waals surface area contributed by atoms with Gasteiger partial charge in [-0.3, -0.25) is 0 Å². The van der Waals surface area contributed by atoms with Crippen molar-refractivity contribution in [2.24, 2.45) is 0 Å². The Morgan fingerprint density at radius 3 is 2.71 bits per heavy atom. The third-order valence-electron chi connectivity index (χ3n) is 3.40. The van der Waals surface area contributed by atoms with Crippen LogP contribution >= 0.6 is 11.8 Å². The van der Waals surface area contributed by atoms with E-state index in [0.29, 0.717) is 10.6 Å². The number of nitrogen functional groups attached to an aromatic ring is 1. The molecule has 1 fully saturated rings. The highest BCUT2D eigenvalue weighted by molar-refractivity contribution is 8.00. The molecule has 4 nitrogen and oxygen atoms in total. The van der Waals surface area contributed by atoms with Crippen LogP contribution in [0, 0.1) is 6.92 Å². The summed E-state index contributed by atoms with van der Waals surface area (Å²) in [6, 6.07) is 1.80. The summed E-state index contributed by atoms with van der Waals surface area (Å²) < 4.78 is 0.383. The van der Waals surface area contributed by atoms with Gasteiger partial charge >= 0.3 is 0 Å². The van der Waals surface area contributed by atoms with Crippen molar-refractivity contribution in [1.82, 2.24) is 9.97 Å². The fourth-order valence-electron chi connectivity index (χ4n) is 2.41. The van der Waals surface area contributed by atoms with Gasteiger partial charge in [0.05, 0.1) is 0 Å². The van der Waals surface area contributed by atoms with E-state index in [9.17, 15) is 0 Å². The van der Waals surface area contributed by atoms with Gasteiger partial charge in [-0.05, 0) is 26.0 Å². The normalized spacial score (nSPS) is 18.2. The Bertz CT molecular complexity index is 368. The van der Waals surface area contributed by atoms with E-state index in [2.05, 4.69) is 21.5 Å². The van der Waals surface area contributed by atoms with Crippen molar-refractivity contribution in [2.45, 2.75) is 37.4 Å². The van der Waals surface area contributed by atoms with E-state index in [4.69, 9.17) is 5.73 Å². The third-order valence-corrected chi connectivity index (χ3v) is 4.82. The van der Waals surface area contributed by atoms with Crippen molar-refractivity contribution >= 4 is 23.4 Å². The van der Waals surface area contributed by atoms with Gasteiger partial charge < -0.3 is 11.1 Å². The minimum Gasteiger partial charge on any atom is -0.384 e. The molecular weight excluding hydrogens is 232 g/mol. The molecule has 0 aliphatic heterocycles. The van der Waals surface area contributed by atoms with Crippen molar-refractivity contribution < 1.29 is 0 Å². The van der Waals surface area contributed by atoms with Crippen LogP contribution in [0.4, 0.5) is 11.6 Å². The van der Waals surface area contributed by atoms with Crippen LogP contribution in [-0.4, -0.2) is 27.5 Å². The van der Waals surface area contributed by atoms with E-state index in [1.165, 1.54) is 25.7 Å². The fraction of sp³-hybridized carbons (Fsp3) is 0.667. The van der Waals surface area contributed by atoms with Gasteiger partial charge in [-0.1, -0.05) is 12.8 Å². The Labute approximate surface area is 107 Å². The molecule has 1 aliphatic rings. The molecule has 1 aromatic heterocycles. The minimum absolute atomic E-state index is 0.383. The van der Waals surface area contributed by atoms with Crippen molar-refractivity contribution in [1.29, 1.82) is 0 Å². The molecular formula is C12H20N4S. The number of thioether (sulfide) groups is 1. The zero-order chi connectivity index (χ0) is 12.3. The van der Waals surface area contributed by atoms with Gasteiger partial charge in [0.15, 0.2) is 0 Å². The second kappa shape index (κ2) is 5.12. The molecule has 0 radical (unpaired) electrons. The summed E-state index contributed by atoms with van der Waals surface area (Å²) in [6.45, 7) is 2.82. The predicted molar refractivity (Wildman–Crippen MR) is 74.4 cm³/mol. The number of nitrogens with zero attached hydrogens (tertiary/aromatic N) is 2. The number of hydrogen-bond donors (Lipinski definition) is 2. The zero-order valence-corrected chi connectivity index (χ0v) is 11.3. The number of aromatic nitrogens is 2. The van der Waals surface area contributed by atoms with Crippen LogP contribution in [0.5, 0.6) is 0 Å². The number of rotatable bonds is 4. The van der Waals surface area contributed by atoms with E-state index in [-0.39, 0.29) is 0 Å². The van der Waals surface area contributed by atoms with Crippen LogP contribution in [0.15, 0.2) is 6.07 Å². The molecule has 94 valence electrons. The summed E-state index contributed by atoms with van der Waals surface area (Å²) in [5, 5.41) is 3.41. The molecule has 0 bridgehead atoms. The quantitative estimate of drug-likeness (QED) is 0.862. The summed E-state index contributed by atoms with van der Waals surface area (Å²) in [7, 11) is 0. The lowest BCUT2D eigenvalue weighted by molar-refractivity contribution is 0.638. The van der Waals surface area contributed by atoms with Gasteiger partial charge in [-0.25, -0.2) is 9.97 Å². The largest absolute Gasteiger partial charge is 0.384 e. The van der Waals surface area contributed by atoms with Crippen LogP contribution in [0.3, 0.4) is 0 Å². The standard InChI is InChI=1S/C12H20N4S/c1-9-15-10(13)7-11(16-9)14-8-12(17-2)5-3-4-6-12/h7H,3-6,8H2,1-2H3,(H3,13,14,15,16). The van der Waals surface area contributed by atoms with E-state index < -0.39 is 0 Å². The Morgan fingerprint density at radius 1 is 1.41 bits per heavy atom. The number of hydrogen-bond acceptors (Lipinski definition) is 5. The highest BCUT2D eigenvalue weighted by Crippen LogP contribution is 2.40. The molecule has 0 atom stereocenters. The monoisotopic (exact) mass is 252 g/mol. The Kier molecular flexibility index (Phi) is 3.76. The van der Waals surface area contributed by atoms with E-state index in [1.54, 1.807) is 6.07 Å². The molecule has 1 saturated carbocycles. The molecule has 0 aromatic carbocycles. The van der Waals surface area contributed by atoms with Gasteiger partial charge in [0, 0.05) is 17.4 Å². The Morgan fingerprint density at radius 2 is 2.12 bits per heavy atom. The first-order valence-electron chi connectivity index (χ1n) is 6.04. The van der Waals surface area contributed by atoms with Crippen LogP contribution in [0.2, 0.25) is 0 Å². The molecule has 1 heterocycles. The van der Waals surface area contributed by atoms with Crippen LogP contribution in [0.1, 0.15) is 31.5 Å². The molecule has 1 aromatic rings. The lowest BCUT2D eigenvalue weighted by atomic mass is 10.1. The fourth-order valence-corrected chi connectivity index (χ4v) is 3.32. The summed E-state index contributed by atoms with van der Waals surface area (Å²) in [5.74, 6) is 2.09. The third kappa shape index (κ3) is 3.03.